The molecule has 3 rings (SSSR count). The van der Waals surface area contributed by atoms with Gasteiger partial charge in [0.25, 0.3) is 5.69 Å². The van der Waals surface area contributed by atoms with E-state index in [1.165, 1.54) is 31.0 Å². The third kappa shape index (κ3) is 5.16. The molecule has 1 saturated heterocycles. The van der Waals surface area contributed by atoms with Gasteiger partial charge in [-0.15, -0.1) is 0 Å². The van der Waals surface area contributed by atoms with E-state index >= 15 is 0 Å². The van der Waals surface area contributed by atoms with E-state index in [0.717, 1.165) is 30.4 Å². The van der Waals surface area contributed by atoms with Gasteiger partial charge in [-0.3, -0.25) is 10.1 Å². The maximum absolute atomic E-state index is 12.0. The number of carbonyl (C=O) groups is 1. The van der Waals surface area contributed by atoms with Crippen molar-refractivity contribution in [3.63, 3.8) is 0 Å². The maximum Gasteiger partial charge on any atom is 0.319 e. The van der Waals surface area contributed by atoms with Crippen LogP contribution in [0.25, 0.3) is 0 Å². The zero-order valence-corrected chi connectivity index (χ0v) is 15.2. The molecule has 0 atom stereocenters. The van der Waals surface area contributed by atoms with Crippen molar-refractivity contribution in [1.82, 2.24) is 10.3 Å². The van der Waals surface area contributed by atoms with Crippen LogP contribution >= 0.6 is 0 Å². The highest BCUT2D eigenvalue weighted by Gasteiger charge is 2.16. The molecule has 0 spiro atoms. The van der Waals surface area contributed by atoms with E-state index in [-0.39, 0.29) is 5.69 Å². The summed E-state index contributed by atoms with van der Waals surface area (Å²) >= 11 is 0. The predicted octanol–water partition coefficient (Wildman–Crippen LogP) is 3.55. The third-order valence-corrected chi connectivity index (χ3v) is 4.68. The summed E-state index contributed by atoms with van der Waals surface area (Å²) in [6.45, 7) is 4.65. The summed E-state index contributed by atoms with van der Waals surface area (Å²) in [6.07, 6.45) is 4.13. The van der Waals surface area contributed by atoms with Gasteiger partial charge in [0.15, 0.2) is 0 Å². The molecule has 142 valence electrons. The molecule has 2 amide bonds. The first-order valence-electron chi connectivity index (χ1n) is 9.00. The van der Waals surface area contributed by atoms with Crippen molar-refractivity contribution < 1.29 is 9.72 Å². The van der Waals surface area contributed by atoms with Crippen LogP contribution in [0.1, 0.15) is 25.3 Å². The van der Waals surface area contributed by atoms with Gasteiger partial charge in [-0.2, -0.15) is 0 Å². The number of non-ortho nitro benzene ring substituents is 1. The molecule has 1 aliphatic rings. The average molecular weight is 369 g/mol. The van der Waals surface area contributed by atoms with Gasteiger partial charge in [0, 0.05) is 43.7 Å². The van der Waals surface area contributed by atoms with Crippen LogP contribution in [0.15, 0.2) is 42.6 Å². The molecule has 1 aromatic heterocycles. The Morgan fingerprint density at radius 1 is 1.30 bits per heavy atom. The number of pyridine rings is 1. The highest BCUT2D eigenvalue weighted by molar-refractivity contribution is 5.89. The molecule has 0 radical (unpaired) electrons. The molecule has 2 aromatic rings. The van der Waals surface area contributed by atoms with Crippen molar-refractivity contribution >= 4 is 23.2 Å². The molecule has 0 aliphatic carbocycles. The second-order valence-electron chi connectivity index (χ2n) is 6.81. The number of nitrogens with zero attached hydrogens (tertiary/aromatic N) is 3. The van der Waals surface area contributed by atoms with E-state index in [0.29, 0.717) is 12.2 Å². The molecule has 2 heterocycles. The number of piperidine rings is 1. The molecule has 0 unspecified atom stereocenters. The monoisotopic (exact) mass is 369 g/mol. The lowest BCUT2D eigenvalue weighted by Crippen LogP contribution is -2.33. The standard InChI is InChI=1S/C19H23N5O3/c1-14-7-9-23(10-8-14)18-6-5-15(12-20-18)13-21-19(25)22-16-3-2-4-17(11-16)24(26)27/h2-6,11-12,14H,7-10,13H2,1H3,(H2,21,22,25). The number of urea groups is 1. The number of anilines is 2. The Balaban J connectivity index is 1.50. The molecule has 2 N–H and O–H groups in total. The van der Waals surface area contributed by atoms with Crippen molar-refractivity contribution in [2.75, 3.05) is 23.3 Å². The van der Waals surface area contributed by atoms with Crippen molar-refractivity contribution in [3.05, 3.63) is 58.3 Å². The third-order valence-electron chi connectivity index (χ3n) is 4.68. The highest BCUT2D eigenvalue weighted by atomic mass is 16.6. The lowest BCUT2D eigenvalue weighted by atomic mass is 9.99. The second-order valence-corrected chi connectivity index (χ2v) is 6.81. The lowest BCUT2D eigenvalue weighted by Gasteiger charge is -2.31. The van der Waals surface area contributed by atoms with Crippen LogP contribution in [0.5, 0.6) is 0 Å². The SMILES string of the molecule is CC1CCN(c2ccc(CNC(=O)Nc3cccc([N+](=O)[O-])c3)cn2)CC1. The van der Waals surface area contributed by atoms with Crippen molar-refractivity contribution in [1.29, 1.82) is 0 Å². The summed E-state index contributed by atoms with van der Waals surface area (Å²) in [4.78, 5) is 29.0. The minimum Gasteiger partial charge on any atom is -0.357 e. The Labute approximate surface area is 157 Å². The summed E-state index contributed by atoms with van der Waals surface area (Å²) < 4.78 is 0. The van der Waals surface area contributed by atoms with Gasteiger partial charge < -0.3 is 15.5 Å². The van der Waals surface area contributed by atoms with Gasteiger partial charge >= 0.3 is 6.03 Å². The van der Waals surface area contributed by atoms with Crippen LogP contribution < -0.4 is 15.5 Å². The van der Waals surface area contributed by atoms with Crippen LogP contribution in [-0.4, -0.2) is 29.0 Å². The van der Waals surface area contributed by atoms with Crippen LogP contribution in [0.2, 0.25) is 0 Å². The molecule has 27 heavy (non-hydrogen) atoms. The van der Waals surface area contributed by atoms with Crippen LogP contribution in [0, 0.1) is 16.0 Å². The van der Waals surface area contributed by atoms with E-state index < -0.39 is 11.0 Å². The summed E-state index contributed by atoms with van der Waals surface area (Å²) in [5.41, 5.74) is 1.19. The maximum atomic E-state index is 12.0. The first-order chi connectivity index (χ1) is 13.0. The minimum absolute atomic E-state index is 0.0697. The number of nitrogens with one attached hydrogen (secondary N) is 2. The number of benzene rings is 1. The number of rotatable bonds is 5. The Bertz CT molecular complexity index is 801. The number of carbonyl (C=O) groups excluding carboxylic acids is 1. The van der Waals surface area contributed by atoms with Crippen LogP contribution in [0.4, 0.5) is 22.0 Å². The van der Waals surface area contributed by atoms with E-state index in [9.17, 15) is 14.9 Å². The molecule has 1 fully saturated rings. The summed E-state index contributed by atoms with van der Waals surface area (Å²) in [5.74, 6) is 1.74. The minimum atomic E-state index is -0.501. The van der Waals surface area contributed by atoms with Gasteiger partial charge in [0.1, 0.15) is 5.82 Å². The Morgan fingerprint density at radius 3 is 2.74 bits per heavy atom. The largest absolute Gasteiger partial charge is 0.357 e. The van der Waals surface area contributed by atoms with E-state index in [4.69, 9.17) is 0 Å². The fourth-order valence-electron chi connectivity index (χ4n) is 3.00. The summed E-state index contributed by atoms with van der Waals surface area (Å²) in [7, 11) is 0. The van der Waals surface area contributed by atoms with Crippen molar-refractivity contribution in [2.24, 2.45) is 5.92 Å². The Kier molecular flexibility index (Phi) is 5.85. The van der Waals surface area contributed by atoms with Gasteiger partial charge in [-0.25, -0.2) is 9.78 Å². The number of hydrogen-bond donors (Lipinski definition) is 2. The molecule has 1 aromatic carbocycles. The second kappa shape index (κ2) is 8.48. The highest BCUT2D eigenvalue weighted by Crippen LogP contribution is 2.21. The topological polar surface area (TPSA) is 100 Å². The zero-order valence-electron chi connectivity index (χ0n) is 15.2. The first-order valence-corrected chi connectivity index (χ1v) is 9.00. The molecule has 0 bridgehead atoms. The average Bonchev–Trinajstić information content (AvgIpc) is 2.68. The van der Waals surface area contributed by atoms with Gasteiger partial charge in [-0.1, -0.05) is 19.1 Å². The fraction of sp³-hybridized carbons (Fsp3) is 0.368. The lowest BCUT2D eigenvalue weighted by molar-refractivity contribution is -0.384. The predicted molar refractivity (Wildman–Crippen MR) is 104 cm³/mol. The van der Waals surface area contributed by atoms with Gasteiger partial charge in [0.05, 0.1) is 4.92 Å². The van der Waals surface area contributed by atoms with E-state index in [1.807, 2.05) is 12.1 Å². The Morgan fingerprint density at radius 2 is 2.07 bits per heavy atom. The zero-order chi connectivity index (χ0) is 19.2. The number of aromatic nitrogens is 1. The number of nitro groups is 1. The molecule has 0 saturated carbocycles. The molecule has 8 heteroatoms. The summed E-state index contributed by atoms with van der Waals surface area (Å²) in [5, 5.41) is 16.1. The van der Waals surface area contributed by atoms with Gasteiger partial charge in [-0.05, 0) is 36.5 Å². The molecule has 8 nitrogen and oxygen atoms in total. The normalized spacial score (nSPS) is 14.6. The van der Waals surface area contributed by atoms with Crippen LogP contribution in [0.3, 0.4) is 0 Å². The smallest absolute Gasteiger partial charge is 0.319 e. The number of hydrogen-bond acceptors (Lipinski definition) is 5. The van der Waals surface area contributed by atoms with Crippen molar-refractivity contribution in [3.8, 4) is 0 Å². The van der Waals surface area contributed by atoms with Gasteiger partial charge in [0.2, 0.25) is 0 Å². The fourth-order valence-corrected chi connectivity index (χ4v) is 3.00. The number of nitro benzene ring substituents is 1. The van der Waals surface area contributed by atoms with E-state index in [1.54, 1.807) is 12.3 Å². The van der Waals surface area contributed by atoms with Crippen LogP contribution in [-0.2, 0) is 6.54 Å². The first kappa shape index (κ1) is 18.6. The summed E-state index contributed by atoms with van der Waals surface area (Å²) in [6, 6.07) is 9.32. The van der Waals surface area contributed by atoms with Crippen molar-refractivity contribution in [2.45, 2.75) is 26.3 Å². The Hall–Kier alpha value is -3.16. The molecular weight excluding hydrogens is 346 g/mol. The quantitative estimate of drug-likeness (QED) is 0.620. The number of amides is 2. The van der Waals surface area contributed by atoms with E-state index in [2.05, 4.69) is 27.4 Å². The molecular formula is C19H23N5O3. The molecule has 1 aliphatic heterocycles.